The zero-order valence-electron chi connectivity index (χ0n) is 18.8. The average molecular weight is 508 g/mol. The number of nitrogens with zero attached hydrogens (tertiary/aromatic N) is 3. The van der Waals surface area contributed by atoms with Crippen LogP contribution in [0.15, 0.2) is 59.1 Å². The van der Waals surface area contributed by atoms with Gasteiger partial charge in [0.15, 0.2) is 0 Å². The van der Waals surface area contributed by atoms with Crippen LogP contribution in [-0.2, 0) is 13.1 Å². The van der Waals surface area contributed by atoms with Crippen molar-refractivity contribution in [3.05, 3.63) is 81.6 Å². The van der Waals surface area contributed by atoms with Crippen molar-refractivity contribution in [2.75, 3.05) is 31.5 Å². The highest BCUT2D eigenvalue weighted by atomic mass is 79.9. The van der Waals surface area contributed by atoms with E-state index in [2.05, 4.69) is 84.9 Å². The van der Waals surface area contributed by atoms with Crippen molar-refractivity contribution in [2.45, 2.75) is 38.3 Å². The molecule has 1 saturated carbocycles. The lowest BCUT2D eigenvalue weighted by Gasteiger charge is -2.27. The van der Waals surface area contributed by atoms with Crippen molar-refractivity contribution < 1.29 is 4.79 Å². The molecular formula is C26H30BrN5O. The molecule has 172 valence electrons. The number of amides is 1. The topological polar surface area (TPSA) is 64.3 Å². The van der Waals surface area contributed by atoms with Gasteiger partial charge in [0, 0.05) is 61.0 Å². The second-order valence-corrected chi connectivity index (χ2v) is 9.97. The van der Waals surface area contributed by atoms with Crippen molar-refractivity contribution >= 4 is 27.5 Å². The van der Waals surface area contributed by atoms with E-state index >= 15 is 0 Å². The SMILES string of the molecule is O=C(c1cc(C2CC2)[nH]n1)N1CCN(Cc2ccccc2)CCCNc2ccc(Br)cc2C1. The standard InChI is InChI=1S/C26H30BrN5O/c27-22-9-10-23-21(15-22)18-32(26(33)25-16-24(29-30-25)20-7-8-20)14-13-31(12-4-11-28-23)17-19-5-2-1-3-6-19/h1-3,5-6,9-10,15-16,20,28H,4,7-8,11-14,17-18H2,(H,29,30). The molecule has 0 atom stereocenters. The summed E-state index contributed by atoms with van der Waals surface area (Å²) in [5, 5.41) is 11.1. The minimum Gasteiger partial charge on any atom is -0.385 e. The Morgan fingerprint density at radius 2 is 1.91 bits per heavy atom. The molecule has 0 saturated heterocycles. The summed E-state index contributed by atoms with van der Waals surface area (Å²) in [6.07, 6.45) is 3.41. The summed E-state index contributed by atoms with van der Waals surface area (Å²) < 4.78 is 1.02. The smallest absolute Gasteiger partial charge is 0.274 e. The average Bonchev–Trinajstić information content (AvgIpc) is 3.56. The lowest BCUT2D eigenvalue weighted by atomic mass is 10.1. The molecule has 7 heteroatoms. The number of fused-ring (bicyclic) bond motifs is 1. The Kier molecular flexibility index (Phi) is 6.78. The minimum absolute atomic E-state index is 0.0111. The second kappa shape index (κ2) is 10.1. The highest BCUT2D eigenvalue weighted by Crippen LogP contribution is 2.39. The largest absolute Gasteiger partial charge is 0.385 e. The normalized spacial score (nSPS) is 17.7. The highest BCUT2D eigenvalue weighted by molar-refractivity contribution is 9.10. The summed E-state index contributed by atoms with van der Waals surface area (Å²) in [6, 6.07) is 18.8. The van der Waals surface area contributed by atoms with E-state index in [0.717, 1.165) is 54.0 Å². The first kappa shape index (κ1) is 22.2. The number of rotatable bonds is 4. The van der Waals surface area contributed by atoms with Gasteiger partial charge in [0.1, 0.15) is 5.69 Å². The molecule has 2 N–H and O–H groups in total. The van der Waals surface area contributed by atoms with Crippen LogP contribution >= 0.6 is 15.9 Å². The number of anilines is 1. The third-order valence-corrected chi connectivity index (χ3v) is 6.94. The van der Waals surface area contributed by atoms with E-state index in [9.17, 15) is 4.79 Å². The number of nitrogens with one attached hydrogen (secondary N) is 2. The molecule has 3 aromatic rings. The van der Waals surface area contributed by atoms with E-state index in [1.807, 2.05) is 11.0 Å². The first-order valence-corrected chi connectivity index (χ1v) is 12.6. The van der Waals surface area contributed by atoms with Crippen LogP contribution in [0.4, 0.5) is 5.69 Å². The molecule has 1 aliphatic heterocycles. The lowest BCUT2D eigenvalue weighted by molar-refractivity contribution is 0.0714. The molecule has 2 aromatic carbocycles. The molecule has 1 aromatic heterocycles. The van der Waals surface area contributed by atoms with E-state index in [1.165, 1.54) is 18.4 Å². The fourth-order valence-electron chi connectivity index (χ4n) is 4.43. The van der Waals surface area contributed by atoms with Gasteiger partial charge in [0.25, 0.3) is 5.91 Å². The van der Waals surface area contributed by atoms with Gasteiger partial charge in [-0.2, -0.15) is 5.10 Å². The van der Waals surface area contributed by atoms with Crippen LogP contribution in [0.25, 0.3) is 0 Å². The Morgan fingerprint density at radius 3 is 2.73 bits per heavy atom. The lowest BCUT2D eigenvalue weighted by Crippen LogP contribution is -2.38. The predicted molar refractivity (Wildman–Crippen MR) is 134 cm³/mol. The van der Waals surface area contributed by atoms with E-state index in [4.69, 9.17) is 0 Å². The Morgan fingerprint density at radius 1 is 1.06 bits per heavy atom. The number of aromatic nitrogens is 2. The molecule has 6 nitrogen and oxygen atoms in total. The van der Waals surface area contributed by atoms with Crippen molar-refractivity contribution in [3.63, 3.8) is 0 Å². The summed E-state index contributed by atoms with van der Waals surface area (Å²) in [4.78, 5) is 18.0. The molecule has 0 unspecified atom stereocenters. The Labute approximate surface area is 203 Å². The number of H-pyrrole nitrogens is 1. The van der Waals surface area contributed by atoms with Gasteiger partial charge < -0.3 is 10.2 Å². The second-order valence-electron chi connectivity index (χ2n) is 9.05. The maximum atomic E-state index is 13.6. The summed E-state index contributed by atoms with van der Waals surface area (Å²) in [5.74, 6) is 0.534. The zero-order valence-corrected chi connectivity index (χ0v) is 20.4. The molecule has 1 aliphatic carbocycles. The van der Waals surface area contributed by atoms with E-state index in [-0.39, 0.29) is 5.91 Å². The van der Waals surface area contributed by atoms with Crippen LogP contribution in [-0.4, -0.2) is 52.1 Å². The first-order chi connectivity index (χ1) is 16.2. The molecule has 2 aliphatic rings. The minimum atomic E-state index is -0.0111. The van der Waals surface area contributed by atoms with Crippen molar-refractivity contribution in [2.24, 2.45) is 0 Å². The van der Waals surface area contributed by atoms with Gasteiger partial charge in [0.2, 0.25) is 0 Å². The Bertz CT molecular complexity index is 1100. The molecule has 2 heterocycles. The fourth-order valence-corrected chi connectivity index (χ4v) is 4.84. The molecule has 0 bridgehead atoms. The van der Waals surface area contributed by atoms with E-state index in [1.54, 1.807) is 0 Å². The van der Waals surface area contributed by atoms with Gasteiger partial charge in [-0.1, -0.05) is 46.3 Å². The number of hydrogen-bond donors (Lipinski definition) is 2. The Balaban J connectivity index is 1.39. The van der Waals surface area contributed by atoms with Gasteiger partial charge in [0.05, 0.1) is 0 Å². The Hall–Kier alpha value is -2.64. The number of carbonyl (C=O) groups excluding carboxylic acids is 1. The number of carbonyl (C=O) groups is 1. The number of benzene rings is 2. The molecule has 1 fully saturated rings. The van der Waals surface area contributed by atoms with Crippen LogP contribution < -0.4 is 5.32 Å². The van der Waals surface area contributed by atoms with Gasteiger partial charge in [-0.3, -0.25) is 14.8 Å². The predicted octanol–water partition coefficient (Wildman–Crippen LogP) is 5.01. The summed E-state index contributed by atoms with van der Waals surface area (Å²) in [7, 11) is 0. The van der Waals surface area contributed by atoms with Crippen molar-refractivity contribution in [1.29, 1.82) is 0 Å². The van der Waals surface area contributed by atoms with Gasteiger partial charge in [-0.25, -0.2) is 0 Å². The van der Waals surface area contributed by atoms with Crippen LogP contribution in [0.3, 0.4) is 0 Å². The van der Waals surface area contributed by atoms with E-state index in [0.29, 0.717) is 24.7 Å². The molecule has 0 radical (unpaired) electrons. The molecular weight excluding hydrogens is 478 g/mol. The molecule has 0 spiro atoms. The third-order valence-electron chi connectivity index (χ3n) is 6.45. The van der Waals surface area contributed by atoms with Crippen LogP contribution in [0, 0.1) is 0 Å². The van der Waals surface area contributed by atoms with Crippen LogP contribution in [0.5, 0.6) is 0 Å². The molecule has 5 rings (SSSR count). The summed E-state index contributed by atoms with van der Waals surface area (Å²) in [5.41, 5.74) is 5.12. The van der Waals surface area contributed by atoms with Gasteiger partial charge in [-0.15, -0.1) is 0 Å². The number of halogens is 1. The van der Waals surface area contributed by atoms with Crippen LogP contribution in [0.1, 0.15) is 52.5 Å². The van der Waals surface area contributed by atoms with Crippen molar-refractivity contribution in [1.82, 2.24) is 20.0 Å². The molecule has 33 heavy (non-hydrogen) atoms. The number of aromatic amines is 1. The van der Waals surface area contributed by atoms with E-state index < -0.39 is 0 Å². The quantitative estimate of drug-likeness (QED) is 0.520. The van der Waals surface area contributed by atoms with Crippen molar-refractivity contribution in [3.8, 4) is 0 Å². The number of hydrogen-bond acceptors (Lipinski definition) is 4. The fraction of sp³-hybridized carbons (Fsp3) is 0.385. The molecule has 1 amide bonds. The summed E-state index contributed by atoms with van der Waals surface area (Å²) >= 11 is 3.60. The monoisotopic (exact) mass is 507 g/mol. The summed E-state index contributed by atoms with van der Waals surface area (Å²) in [6.45, 7) is 4.79. The highest BCUT2D eigenvalue weighted by Gasteiger charge is 2.28. The van der Waals surface area contributed by atoms with Gasteiger partial charge in [-0.05, 0) is 54.7 Å². The third kappa shape index (κ3) is 5.65. The van der Waals surface area contributed by atoms with Crippen LogP contribution in [0.2, 0.25) is 0 Å². The maximum absolute atomic E-state index is 13.6. The first-order valence-electron chi connectivity index (χ1n) is 11.8. The maximum Gasteiger partial charge on any atom is 0.274 e. The zero-order chi connectivity index (χ0) is 22.6. The van der Waals surface area contributed by atoms with Gasteiger partial charge >= 0.3 is 0 Å².